The number of benzene rings is 1. The molecule has 0 fully saturated rings. The summed E-state index contributed by atoms with van der Waals surface area (Å²) in [4.78, 5) is 16.8. The Labute approximate surface area is 161 Å². The maximum atomic E-state index is 12.4. The van der Waals surface area contributed by atoms with Gasteiger partial charge in [-0.15, -0.1) is 0 Å². The predicted molar refractivity (Wildman–Crippen MR) is 104 cm³/mol. The van der Waals surface area contributed by atoms with Gasteiger partial charge in [-0.2, -0.15) is 15.5 Å². The Balaban J connectivity index is 1.44. The Morgan fingerprint density at radius 3 is 2.96 bits per heavy atom. The highest BCUT2D eigenvalue weighted by Crippen LogP contribution is 2.17. The first-order chi connectivity index (χ1) is 13.6. The van der Waals surface area contributed by atoms with Crippen LogP contribution in [0.4, 0.5) is 0 Å². The van der Waals surface area contributed by atoms with Crippen LogP contribution >= 0.6 is 0 Å². The van der Waals surface area contributed by atoms with Gasteiger partial charge in [0.2, 0.25) is 0 Å². The van der Waals surface area contributed by atoms with Crippen molar-refractivity contribution >= 4 is 22.5 Å². The molecule has 0 spiro atoms. The fraction of sp³-hybridized carbons (Fsp3) is 0.250. The summed E-state index contributed by atoms with van der Waals surface area (Å²) in [5, 5.41) is 24.7. The van der Waals surface area contributed by atoms with Gasteiger partial charge in [-0.1, -0.05) is 18.2 Å². The van der Waals surface area contributed by atoms with Crippen molar-refractivity contribution in [3.05, 3.63) is 58.7 Å². The highest BCUT2D eigenvalue weighted by molar-refractivity contribution is 6.04. The van der Waals surface area contributed by atoms with Gasteiger partial charge in [0.15, 0.2) is 11.3 Å². The molecule has 0 bridgehead atoms. The Hall–Kier alpha value is -3.73. The number of hydrogen-bond donors (Lipinski definition) is 2. The van der Waals surface area contributed by atoms with Gasteiger partial charge in [0.25, 0.3) is 5.91 Å². The minimum atomic E-state index is -0.221. The summed E-state index contributed by atoms with van der Waals surface area (Å²) >= 11 is 0. The number of carbonyl (C=O) groups is 1. The van der Waals surface area contributed by atoms with E-state index in [0.717, 1.165) is 22.3 Å². The second-order valence-corrected chi connectivity index (χ2v) is 6.69. The maximum Gasteiger partial charge on any atom is 0.272 e. The quantitative estimate of drug-likeness (QED) is 0.522. The summed E-state index contributed by atoms with van der Waals surface area (Å²) in [5.41, 5.74) is 4.78. The van der Waals surface area contributed by atoms with E-state index < -0.39 is 0 Å². The van der Waals surface area contributed by atoms with E-state index in [-0.39, 0.29) is 5.91 Å². The van der Waals surface area contributed by atoms with Crippen molar-refractivity contribution in [2.24, 2.45) is 0 Å². The van der Waals surface area contributed by atoms with Crippen LogP contribution in [0.2, 0.25) is 0 Å². The number of nitrogens with one attached hydrogen (secondary N) is 2. The molecule has 3 aromatic heterocycles. The lowest BCUT2D eigenvalue weighted by Crippen LogP contribution is -2.25. The zero-order valence-electron chi connectivity index (χ0n) is 15.7. The zero-order valence-corrected chi connectivity index (χ0v) is 15.7. The molecule has 2 N–H and O–H groups in total. The van der Waals surface area contributed by atoms with Crippen LogP contribution < -0.4 is 5.32 Å². The van der Waals surface area contributed by atoms with E-state index in [2.05, 4.69) is 31.7 Å². The second kappa shape index (κ2) is 7.12. The lowest BCUT2D eigenvalue weighted by atomic mass is 10.1. The molecule has 1 aromatic carbocycles. The van der Waals surface area contributed by atoms with Crippen LogP contribution in [-0.4, -0.2) is 37.2 Å². The summed E-state index contributed by atoms with van der Waals surface area (Å²) in [5.74, 6) is -0.221. The number of fused-ring (bicyclic) bond motifs is 2. The van der Waals surface area contributed by atoms with Gasteiger partial charge < -0.3 is 5.32 Å². The molecule has 0 saturated carbocycles. The third-order valence-corrected chi connectivity index (χ3v) is 4.64. The first-order valence-corrected chi connectivity index (χ1v) is 9.05. The van der Waals surface area contributed by atoms with Crippen LogP contribution in [0.15, 0.2) is 30.3 Å². The molecule has 0 aliphatic carbocycles. The zero-order chi connectivity index (χ0) is 19.7. The van der Waals surface area contributed by atoms with Gasteiger partial charge in [0.05, 0.1) is 11.2 Å². The molecule has 1 amide bonds. The first kappa shape index (κ1) is 17.7. The molecule has 3 heterocycles. The number of nitrogens with zero attached hydrogens (tertiary/aromatic N) is 5. The molecule has 0 radical (unpaired) electrons. The van der Waals surface area contributed by atoms with Crippen LogP contribution in [0.1, 0.15) is 39.6 Å². The largest absolute Gasteiger partial charge is 0.351 e. The van der Waals surface area contributed by atoms with Gasteiger partial charge >= 0.3 is 0 Å². The van der Waals surface area contributed by atoms with Crippen LogP contribution in [0.3, 0.4) is 0 Å². The average molecular weight is 373 g/mol. The van der Waals surface area contributed by atoms with Crippen molar-refractivity contribution in [1.29, 1.82) is 5.26 Å². The molecular formula is C20H19N7O. The fourth-order valence-electron chi connectivity index (χ4n) is 3.33. The van der Waals surface area contributed by atoms with E-state index in [1.807, 2.05) is 44.2 Å². The van der Waals surface area contributed by atoms with Gasteiger partial charge in [-0.3, -0.25) is 9.89 Å². The number of amides is 1. The van der Waals surface area contributed by atoms with Crippen molar-refractivity contribution in [1.82, 2.24) is 30.1 Å². The Morgan fingerprint density at radius 1 is 1.32 bits per heavy atom. The standard InChI is InChI=1S/C20H19N7O/c1-12-10-13(2)27-19(23-12)15(11-21)17(26-27)8-5-9-22-20(28)18-14-6-3-4-7-16(14)24-25-18/h3-4,6-7,10H,5,8-9H2,1-2H3,(H,22,28)(H,24,25). The van der Waals surface area contributed by atoms with E-state index in [0.29, 0.717) is 42.0 Å². The van der Waals surface area contributed by atoms with E-state index >= 15 is 0 Å². The summed E-state index contributed by atoms with van der Waals surface area (Å²) in [6.45, 7) is 4.30. The highest BCUT2D eigenvalue weighted by atomic mass is 16.1. The van der Waals surface area contributed by atoms with Crippen molar-refractivity contribution in [2.45, 2.75) is 26.7 Å². The van der Waals surface area contributed by atoms with E-state index in [1.165, 1.54) is 0 Å². The lowest BCUT2D eigenvalue weighted by Gasteiger charge is -2.02. The Morgan fingerprint density at radius 2 is 2.14 bits per heavy atom. The SMILES string of the molecule is Cc1cc(C)n2nc(CCCNC(=O)c3n[nH]c4ccccc34)c(C#N)c2n1. The molecule has 0 saturated heterocycles. The third-order valence-electron chi connectivity index (χ3n) is 4.64. The molecule has 4 rings (SSSR count). The number of aryl methyl sites for hydroxylation is 3. The second-order valence-electron chi connectivity index (χ2n) is 6.69. The predicted octanol–water partition coefficient (Wildman–Crippen LogP) is 2.46. The number of carbonyl (C=O) groups excluding carboxylic acids is 1. The van der Waals surface area contributed by atoms with E-state index in [4.69, 9.17) is 0 Å². The Kier molecular flexibility index (Phi) is 4.49. The molecule has 4 aromatic rings. The Bertz CT molecular complexity index is 1230. The molecule has 0 unspecified atom stereocenters. The number of rotatable bonds is 5. The highest BCUT2D eigenvalue weighted by Gasteiger charge is 2.16. The molecular weight excluding hydrogens is 354 g/mol. The van der Waals surface area contributed by atoms with Gasteiger partial charge in [0.1, 0.15) is 11.6 Å². The molecule has 8 nitrogen and oxygen atoms in total. The third kappa shape index (κ3) is 3.07. The fourth-order valence-corrected chi connectivity index (χ4v) is 3.33. The monoisotopic (exact) mass is 373 g/mol. The summed E-state index contributed by atoms with van der Waals surface area (Å²) in [6, 6.07) is 11.7. The van der Waals surface area contributed by atoms with Crippen molar-refractivity contribution in [2.75, 3.05) is 6.54 Å². The van der Waals surface area contributed by atoms with Crippen molar-refractivity contribution in [3.63, 3.8) is 0 Å². The van der Waals surface area contributed by atoms with Crippen LogP contribution in [0.5, 0.6) is 0 Å². The lowest BCUT2D eigenvalue weighted by molar-refractivity contribution is 0.0950. The molecule has 28 heavy (non-hydrogen) atoms. The van der Waals surface area contributed by atoms with Crippen LogP contribution in [-0.2, 0) is 6.42 Å². The number of hydrogen-bond acceptors (Lipinski definition) is 5. The number of aromatic amines is 1. The number of H-pyrrole nitrogens is 1. The van der Waals surface area contributed by atoms with Crippen molar-refractivity contribution < 1.29 is 4.79 Å². The van der Waals surface area contributed by atoms with E-state index in [1.54, 1.807) is 4.52 Å². The minimum Gasteiger partial charge on any atom is -0.351 e. The maximum absolute atomic E-state index is 12.4. The average Bonchev–Trinajstić information content (AvgIpc) is 3.26. The smallest absolute Gasteiger partial charge is 0.272 e. The minimum absolute atomic E-state index is 0.221. The van der Waals surface area contributed by atoms with Gasteiger partial charge in [-0.25, -0.2) is 9.50 Å². The molecule has 8 heteroatoms. The molecule has 0 atom stereocenters. The summed E-state index contributed by atoms with van der Waals surface area (Å²) < 4.78 is 1.70. The van der Waals surface area contributed by atoms with Gasteiger partial charge in [0, 0.05) is 23.3 Å². The summed E-state index contributed by atoms with van der Waals surface area (Å²) in [6.07, 6.45) is 1.23. The normalized spacial score (nSPS) is 11.0. The molecule has 0 aliphatic rings. The number of aromatic nitrogens is 5. The first-order valence-electron chi connectivity index (χ1n) is 9.05. The topological polar surface area (TPSA) is 112 Å². The van der Waals surface area contributed by atoms with Crippen LogP contribution in [0.25, 0.3) is 16.6 Å². The summed E-state index contributed by atoms with van der Waals surface area (Å²) in [7, 11) is 0. The number of nitriles is 1. The number of para-hydroxylation sites is 1. The van der Waals surface area contributed by atoms with Crippen molar-refractivity contribution in [3.8, 4) is 6.07 Å². The molecule has 0 aliphatic heterocycles. The molecule has 140 valence electrons. The van der Waals surface area contributed by atoms with Gasteiger partial charge in [-0.05, 0) is 38.8 Å². The van der Waals surface area contributed by atoms with E-state index in [9.17, 15) is 10.1 Å². The van der Waals surface area contributed by atoms with Crippen LogP contribution in [0, 0.1) is 25.2 Å².